The van der Waals surface area contributed by atoms with Gasteiger partial charge in [-0.3, -0.25) is 9.59 Å². The Balaban J connectivity index is 2.05. The fourth-order valence-corrected chi connectivity index (χ4v) is 2.84. The quantitative estimate of drug-likeness (QED) is 0.942. The molecule has 0 radical (unpaired) electrons. The minimum atomic E-state index is -0.606. The van der Waals surface area contributed by atoms with Gasteiger partial charge in [0, 0.05) is 0 Å². The third-order valence-electron chi connectivity index (χ3n) is 3.98. The fourth-order valence-electron chi connectivity index (χ4n) is 2.84. The molecule has 2 heterocycles. The van der Waals surface area contributed by atoms with Crippen LogP contribution in [0.5, 0.6) is 0 Å². The van der Waals surface area contributed by atoms with Crippen LogP contribution in [0, 0.1) is 6.92 Å². The summed E-state index contributed by atoms with van der Waals surface area (Å²) in [5.74, 6) is -0.761. The predicted octanol–water partition coefficient (Wildman–Crippen LogP) is 3.07. The lowest BCUT2D eigenvalue weighted by atomic mass is 9.96. The first-order valence-corrected chi connectivity index (χ1v) is 7.33. The number of hydrogen-bond acceptors (Lipinski definition) is 4. The van der Waals surface area contributed by atoms with Crippen LogP contribution in [0.4, 0.5) is 0 Å². The van der Waals surface area contributed by atoms with Gasteiger partial charge in [-0.15, -0.1) is 0 Å². The van der Waals surface area contributed by atoms with Gasteiger partial charge in [0.25, 0.3) is 5.91 Å². The maximum absolute atomic E-state index is 12.4. The monoisotopic (exact) mass is 311 g/mol. The predicted molar refractivity (Wildman–Crippen MR) is 83.5 cm³/mol. The van der Waals surface area contributed by atoms with E-state index in [-0.39, 0.29) is 17.9 Å². The molecule has 1 aromatic heterocycles. The lowest BCUT2D eigenvalue weighted by Crippen LogP contribution is -2.30. The Morgan fingerprint density at radius 3 is 2.52 bits per heavy atom. The van der Waals surface area contributed by atoms with E-state index in [4.69, 9.17) is 4.42 Å². The van der Waals surface area contributed by atoms with Crippen LogP contribution in [0.3, 0.4) is 0 Å². The molecule has 118 valence electrons. The second-order valence-electron chi connectivity index (χ2n) is 5.64. The van der Waals surface area contributed by atoms with Crippen molar-refractivity contribution in [2.24, 2.45) is 0 Å². The van der Waals surface area contributed by atoms with E-state index in [2.05, 4.69) is 0 Å². The summed E-state index contributed by atoms with van der Waals surface area (Å²) in [4.78, 5) is 25.9. The summed E-state index contributed by atoms with van der Waals surface area (Å²) in [6.07, 6.45) is 1.52. The average Bonchev–Trinajstić information content (AvgIpc) is 3.10. The highest BCUT2D eigenvalue weighted by Crippen LogP contribution is 2.38. The van der Waals surface area contributed by atoms with Gasteiger partial charge in [-0.25, -0.2) is 0 Å². The van der Waals surface area contributed by atoms with Gasteiger partial charge in [-0.05, 0) is 31.5 Å². The van der Waals surface area contributed by atoms with Gasteiger partial charge in [-0.2, -0.15) is 0 Å². The van der Waals surface area contributed by atoms with E-state index in [1.807, 2.05) is 31.2 Å². The van der Waals surface area contributed by atoms with Gasteiger partial charge in [0.1, 0.15) is 5.76 Å². The van der Waals surface area contributed by atoms with Crippen LogP contribution in [-0.4, -0.2) is 21.7 Å². The molecule has 1 aromatic carbocycles. The second-order valence-corrected chi connectivity index (χ2v) is 5.64. The lowest BCUT2D eigenvalue weighted by Gasteiger charge is -2.25. The van der Waals surface area contributed by atoms with Gasteiger partial charge in [0.2, 0.25) is 0 Å². The zero-order valence-corrected chi connectivity index (χ0v) is 12.9. The molecule has 0 fully saturated rings. The highest BCUT2D eigenvalue weighted by Gasteiger charge is 2.42. The van der Waals surface area contributed by atoms with Gasteiger partial charge in [-0.1, -0.05) is 29.8 Å². The highest BCUT2D eigenvalue weighted by atomic mass is 16.3. The molecule has 1 atom stereocenters. The summed E-state index contributed by atoms with van der Waals surface area (Å²) in [6.45, 7) is 3.50. The number of nitrogens with zero attached hydrogens (tertiary/aromatic N) is 1. The number of aryl methyl sites for hydroxylation is 1. The van der Waals surface area contributed by atoms with Crippen molar-refractivity contribution in [3.63, 3.8) is 0 Å². The zero-order valence-electron chi connectivity index (χ0n) is 12.9. The number of rotatable bonds is 4. The van der Waals surface area contributed by atoms with E-state index in [1.54, 1.807) is 12.1 Å². The van der Waals surface area contributed by atoms with Crippen molar-refractivity contribution in [3.8, 4) is 0 Å². The number of ketones is 1. The van der Waals surface area contributed by atoms with Crippen molar-refractivity contribution in [1.82, 2.24) is 4.90 Å². The minimum absolute atomic E-state index is 0.130. The molecule has 3 rings (SSSR count). The molecular formula is C18H17NO4. The van der Waals surface area contributed by atoms with Gasteiger partial charge in [0.05, 0.1) is 24.4 Å². The molecule has 0 aliphatic carbocycles. The maximum Gasteiger partial charge on any atom is 0.290 e. The van der Waals surface area contributed by atoms with Crippen LogP contribution in [0.1, 0.15) is 29.9 Å². The molecule has 0 spiro atoms. The Morgan fingerprint density at radius 2 is 1.96 bits per heavy atom. The molecule has 1 aliphatic rings. The molecular weight excluding hydrogens is 294 g/mol. The summed E-state index contributed by atoms with van der Waals surface area (Å²) in [6, 6.07) is 10.4. The Kier molecular flexibility index (Phi) is 3.78. The SMILES string of the molecule is CC(=O)C1=C(O)C(=O)N(Cc2ccco2)[C@H]1c1ccc(C)cc1. The van der Waals surface area contributed by atoms with Gasteiger partial charge >= 0.3 is 0 Å². The van der Waals surface area contributed by atoms with Crippen molar-refractivity contribution in [2.75, 3.05) is 0 Å². The van der Waals surface area contributed by atoms with Crippen molar-refractivity contribution >= 4 is 11.7 Å². The number of hydrogen-bond donors (Lipinski definition) is 1. The van der Waals surface area contributed by atoms with Gasteiger partial charge < -0.3 is 14.4 Å². The molecule has 5 nitrogen and oxygen atoms in total. The van der Waals surface area contributed by atoms with E-state index in [9.17, 15) is 14.7 Å². The number of aliphatic hydroxyl groups is 1. The molecule has 2 aromatic rings. The first-order chi connectivity index (χ1) is 11.0. The molecule has 0 bridgehead atoms. The fraction of sp³-hybridized carbons (Fsp3) is 0.222. The zero-order chi connectivity index (χ0) is 16.6. The molecule has 0 saturated heterocycles. The summed E-state index contributed by atoms with van der Waals surface area (Å²) in [5, 5.41) is 10.2. The second kappa shape index (κ2) is 5.76. The normalized spacial score (nSPS) is 17.9. The van der Waals surface area contributed by atoms with E-state index in [0.717, 1.165) is 11.1 Å². The summed E-state index contributed by atoms with van der Waals surface area (Å²) in [7, 11) is 0. The van der Waals surface area contributed by atoms with E-state index >= 15 is 0 Å². The summed E-state index contributed by atoms with van der Waals surface area (Å²) in [5.41, 5.74) is 1.99. The van der Waals surface area contributed by atoms with Crippen molar-refractivity contribution in [3.05, 3.63) is 70.9 Å². The smallest absolute Gasteiger partial charge is 0.290 e. The summed E-state index contributed by atoms with van der Waals surface area (Å²) >= 11 is 0. The van der Waals surface area contributed by atoms with Crippen LogP contribution >= 0.6 is 0 Å². The van der Waals surface area contributed by atoms with Crippen LogP contribution in [0.15, 0.2) is 58.4 Å². The number of carbonyl (C=O) groups is 2. The van der Waals surface area contributed by atoms with Crippen molar-refractivity contribution in [1.29, 1.82) is 0 Å². The maximum atomic E-state index is 12.4. The van der Waals surface area contributed by atoms with Crippen molar-refractivity contribution < 1.29 is 19.1 Å². The topological polar surface area (TPSA) is 70.8 Å². The number of aliphatic hydroxyl groups excluding tert-OH is 1. The number of benzene rings is 1. The van der Waals surface area contributed by atoms with Crippen LogP contribution in [0.2, 0.25) is 0 Å². The molecule has 1 aliphatic heterocycles. The number of amides is 1. The minimum Gasteiger partial charge on any atom is -0.503 e. The molecule has 5 heteroatoms. The summed E-state index contributed by atoms with van der Waals surface area (Å²) < 4.78 is 5.30. The average molecular weight is 311 g/mol. The number of carbonyl (C=O) groups excluding carboxylic acids is 2. The molecule has 23 heavy (non-hydrogen) atoms. The first-order valence-electron chi connectivity index (χ1n) is 7.33. The Bertz CT molecular complexity index is 772. The molecule has 1 amide bonds. The van der Waals surface area contributed by atoms with Crippen molar-refractivity contribution in [2.45, 2.75) is 26.4 Å². The Hall–Kier alpha value is -2.82. The van der Waals surface area contributed by atoms with Crippen LogP contribution in [0.25, 0.3) is 0 Å². The van der Waals surface area contributed by atoms with E-state index in [0.29, 0.717) is 5.76 Å². The first kappa shape index (κ1) is 15.1. The molecule has 0 saturated carbocycles. The standard InChI is InChI=1S/C18H17NO4/c1-11-5-7-13(8-6-11)16-15(12(2)20)17(21)18(22)19(16)10-14-4-3-9-23-14/h3-9,16,21H,10H2,1-2H3/t16-/m0/s1. The molecule has 1 N–H and O–H groups in total. The third kappa shape index (κ3) is 2.65. The Morgan fingerprint density at radius 1 is 1.26 bits per heavy atom. The number of Topliss-reactive ketones (excluding diaryl/α,β-unsaturated/α-hetero) is 1. The Labute approximate surface area is 133 Å². The van der Waals surface area contributed by atoms with Crippen LogP contribution < -0.4 is 0 Å². The van der Waals surface area contributed by atoms with Gasteiger partial charge in [0.15, 0.2) is 11.5 Å². The number of furan rings is 1. The van der Waals surface area contributed by atoms with E-state index in [1.165, 1.54) is 18.1 Å². The largest absolute Gasteiger partial charge is 0.503 e. The third-order valence-corrected chi connectivity index (χ3v) is 3.98. The lowest BCUT2D eigenvalue weighted by molar-refractivity contribution is -0.130. The van der Waals surface area contributed by atoms with E-state index < -0.39 is 17.7 Å². The highest BCUT2D eigenvalue weighted by molar-refractivity contribution is 6.08. The molecule has 0 unspecified atom stereocenters. The van der Waals surface area contributed by atoms with Crippen LogP contribution in [-0.2, 0) is 16.1 Å².